The molecule has 2 aromatic rings. The van der Waals surface area contributed by atoms with E-state index in [9.17, 15) is 14.4 Å². The average molecular weight is 317 g/mol. The summed E-state index contributed by atoms with van der Waals surface area (Å²) in [6.45, 7) is 1.45. The maximum atomic E-state index is 11.8. The number of hydrogen-bond acceptors (Lipinski definition) is 4. The van der Waals surface area contributed by atoms with Crippen LogP contribution in [0.3, 0.4) is 0 Å². The summed E-state index contributed by atoms with van der Waals surface area (Å²) in [6.07, 6.45) is 7.68. The predicted molar refractivity (Wildman–Crippen MR) is 83.2 cm³/mol. The van der Waals surface area contributed by atoms with Crippen LogP contribution < -0.4 is 16.6 Å². The first kappa shape index (κ1) is 15.3. The van der Waals surface area contributed by atoms with Gasteiger partial charge in [-0.15, -0.1) is 0 Å². The molecule has 0 aliphatic heterocycles. The summed E-state index contributed by atoms with van der Waals surface area (Å²) in [5.74, 6) is 1.54. The smallest absolute Gasteiger partial charge is 0.328 e. The Labute approximate surface area is 132 Å². The van der Waals surface area contributed by atoms with Crippen LogP contribution in [-0.4, -0.2) is 31.6 Å². The molecule has 122 valence electrons. The molecule has 0 saturated heterocycles. The molecule has 0 atom stereocenters. The van der Waals surface area contributed by atoms with Crippen molar-refractivity contribution in [3.63, 3.8) is 0 Å². The van der Waals surface area contributed by atoms with Gasteiger partial charge < -0.3 is 14.5 Å². The van der Waals surface area contributed by atoms with Crippen LogP contribution >= 0.6 is 0 Å². The third-order valence-electron chi connectivity index (χ3n) is 3.84. The number of amides is 1. The Morgan fingerprint density at radius 1 is 1.26 bits per heavy atom. The molecule has 1 saturated carbocycles. The number of H-pyrrole nitrogens is 1. The zero-order chi connectivity index (χ0) is 16.2. The molecule has 0 unspecified atom stereocenters. The molecule has 1 amide bonds. The van der Waals surface area contributed by atoms with Crippen molar-refractivity contribution in [1.29, 1.82) is 0 Å². The number of aromatic nitrogens is 4. The lowest BCUT2D eigenvalue weighted by molar-refractivity contribution is -0.121. The first-order chi connectivity index (χ1) is 11.1. The van der Waals surface area contributed by atoms with Gasteiger partial charge in [-0.1, -0.05) is 0 Å². The van der Waals surface area contributed by atoms with E-state index in [1.807, 2.05) is 6.20 Å². The van der Waals surface area contributed by atoms with Gasteiger partial charge in [0, 0.05) is 56.6 Å². The normalized spacial score (nSPS) is 13.9. The molecule has 0 bridgehead atoms. The van der Waals surface area contributed by atoms with Gasteiger partial charge in [-0.2, -0.15) is 0 Å². The second-order valence-electron chi connectivity index (χ2n) is 5.66. The van der Waals surface area contributed by atoms with Crippen molar-refractivity contribution in [2.45, 2.75) is 38.3 Å². The van der Waals surface area contributed by atoms with Gasteiger partial charge in [-0.3, -0.25) is 14.6 Å². The zero-order valence-electron chi connectivity index (χ0n) is 12.7. The lowest BCUT2D eigenvalue weighted by Crippen LogP contribution is -2.32. The van der Waals surface area contributed by atoms with E-state index in [0.717, 1.165) is 5.82 Å². The van der Waals surface area contributed by atoms with Crippen LogP contribution in [0.4, 0.5) is 0 Å². The van der Waals surface area contributed by atoms with Gasteiger partial charge >= 0.3 is 5.69 Å². The monoisotopic (exact) mass is 317 g/mol. The number of aryl methyl sites for hydroxylation is 1. The fourth-order valence-electron chi connectivity index (χ4n) is 2.46. The van der Waals surface area contributed by atoms with E-state index >= 15 is 0 Å². The van der Waals surface area contributed by atoms with Crippen molar-refractivity contribution in [3.8, 4) is 0 Å². The van der Waals surface area contributed by atoms with Gasteiger partial charge in [-0.05, 0) is 12.8 Å². The molecular formula is C15H19N5O3. The second kappa shape index (κ2) is 6.64. The molecule has 3 rings (SSSR count). The van der Waals surface area contributed by atoms with Gasteiger partial charge in [0.25, 0.3) is 5.56 Å². The number of carbonyl (C=O) groups is 1. The summed E-state index contributed by atoms with van der Waals surface area (Å²) >= 11 is 0. The topological polar surface area (TPSA) is 102 Å². The minimum absolute atomic E-state index is 0.129. The highest BCUT2D eigenvalue weighted by Gasteiger charge is 2.27. The van der Waals surface area contributed by atoms with Crippen molar-refractivity contribution in [1.82, 2.24) is 24.4 Å². The van der Waals surface area contributed by atoms with E-state index in [2.05, 4.69) is 19.9 Å². The van der Waals surface area contributed by atoms with Gasteiger partial charge in [0.15, 0.2) is 0 Å². The standard InChI is InChI=1S/C15H19N5O3/c21-12(3-7-20-8-4-13(22)18-15(20)23)16-5-9-19-10-6-17-14(19)11-1-2-11/h4,6,8,10-11H,1-3,5,7,9H2,(H,16,21)(H,18,22,23). The van der Waals surface area contributed by atoms with E-state index in [1.54, 1.807) is 6.20 Å². The van der Waals surface area contributed by atoms with Crippen LogP contribution in [0.2, 0.25) is 0 Å². The maximum absolute atomic E-state index is 11.8. The van der Waals surface area contributed by atoms with Gasteiger partial charge in [0.2, 0.25) is 5.91 Å². The summed E-state index contributed by atoms with van der Waals surface area (Å²) in [6, 6.07) is 1.26. The predicted octanol–water partition coefficient (Wildman–Crippen LogP) is -0.183. The molecular weight excluding hydrogens is 298 g/mol. The molecule has 0 aromatic carbocycles. The van der Waals surface area contributed by atoms with Gasteiger partial charge in [0.05, 0.1) is 0 Å². The summed E-state index contributed by atoms with van der Waals surface area (Å²) in [4.78, 5) is 40.8. The number of carbonyl (C=O) groups excluding carboxylic acids is 1. The van der Waals surface area contributed by atoms with E-state index in [4.69, 9.17) is 0 Å². The van der Waals surface area contributed by atoms with Crippen LogP contribution in [0, 0.1) is 0 Å². The van der Waals surface area contributed by atoms with Crippen LogP contribution in [0.25, 0.3) is 0 Å². The SMILES string of the molecule is O=C(CCn1ccc(=O)[nH]c1=O)NCCn1ccnc1C1CC1. The molecule has 1 aliphatic rings. The average Bonchev–Trinajstić information content (AvgIpc) is 3.26. The summed E-state index contributed by atoms with van der Waals surface area (Å²) < 4.78 is 3.38. The van der Waals surface area contributed by atoms with E-state index in [1.165, 1.54) is 29.7 Å². The number of rotatable bonds is 7. The number of nitrogens with zero attached hydrogens (tertiary/aromatic N) is 3. The molecule has 2 heterocycles. The molecule has 0 radical (unpaired) electrons. The molecule has 2 N–H and O–H groups in total. The molecule has 8 nitrogen and oxygen atoms in total. The molecule has 1 aliphatic carbocycles. The summed E-state index contributed by atoms with van der Waals surface area (Å²) in [7, 11) is 0. The number of hydrogen-bond donors (Lipinski definition) is 2. The quantitative estimate of drug-likeness (QED) is 0.739. The van der Waals surface area contributed by atoms with Crippen LogP contribution in [0.5, 0.6) is 0 Å². The Bertz CT molecular complexity index is 800. The van der Waals surface area contributed by atoms with Crippen LogP contribution in [-0.2, 0) is 17.9 Å². The van der Waals surface area contributed by atoms with Crippen LogP contribution in [0.15, 0.2) is 34.2 Å². The Morgan fingerprint density at radius 2 is 2.09 bits per heavy atom. The first-order valence-electron chi connectivity index (χ1n) is 7.71. The minimum atomic E-state index is -0.502. The molecule has 8 heteroatoms. The van der Waals surface area contributed by atoms with E-state index in [-0.39, 0.29) is 18.9 Å². The fraction of sp³-hybridized carbons (Fsp3) is 0.467. The molecule has 2 aromatic heterocycles. The highest BCUT2D eigenvalue weighted by atomic mass is 16.2. The van der Waals surface area contributed by atoms with Gasteiger partial charge in [0.1, 0.15) is 5.82 Å². The third kappa shape index (κ3) is 3.97. The van der Waals surface area contributed by atoms with Crippen molar-refractivity contribution in [2.24, 2.45) is 0 Å². The Kier molecular flexibility index (Phi) is 4.40. The molecule has 1 fully saturated rings. The third-order valence-corrected chi connectivity index (χ3v) is 3.84. The van der Waals surface area contributed by atoms with E-state index in [0.29, 0.717) is 19.0 Å². The van der Waals surface area contributed by atoms with Crippen molar-refractivity contribution in [2.75, 3.05) is 6.54 Å². The van der Waals surface area contributed by atoms with Crippen molar-refractivity contribution in [3.05, 3.63) is 51.3 Å². The Morgan fingerprint density at radius 3 is 2.83 bits per heavy atom. The lowest BCUT2D eigenvalue weighted by atomic mass is 10.3. The van der Waals surface area contributed by atoms with E-state index < -0.39 is 11.2 Å². The molecule has 23 heavy (non-hydrogen) atoms. The number of aromatic amines is 1. The number of imidazole rings is 1. The summed E-state index contributed by atoms with van der Waals surface area (Å²) in [5, 5.41) is 2.83. The number of nitrogens with one attached hydrogen (secondary N) is 2. The molecule has 0 spiro atoms. The largest absolute Gasteiger partial charge is 0.354 e. The van der Waals surface area contributed by atoms with Gasteiger partial charge in [-0.25, -0.2) is 9.78 Å². The van der Waals surface area contributed by atoms with Crippen LogP contribution in [0.1, 0.15) is 31.0 Å². The Balaban J connectivity index is 1.43. The first-order valence-corrected chi connectivity index (χ1v) is 7.71. The lowest BCUT2D eigenvalue weighted by Gasteiger charge is -2.09. The fourth-order valence-corrected chi connectivity index (χ4v) is 2.46. The zero-order valence-corrected chi connectivity index (χ0v) is 12.7. The minimum Gasteiger partial charge on any atom is -0.354 e. The highest BCUT2D eigenvalue weighted by Crippen LogP contribution is 2.38. The van der Waals surface area contributed by atoms with Crippen molar-refractivity contribution >= 4 is 5.91 Å². The Hall–Kier alpha value is -2.64. The second-order valence-corrected chi connectivity index (χ2v) is 5.66. The highest BCUT2D eigenvalue weighted by molar-refractivity contribution is 5.75. The summed E-state index contributed by atoms with van der Waals surface area (Å²) in [5.41, 5.74) is -0.944. The van der Waals surface area contributed by atoms with Crippen molar-refractivity contribution < 1.29 is 4.79 Å². The maximum Gasteiger partial charge on any atom is 0.328 e.